The molecule has 2 aromatic carbocycles. The zero-order chi connectivity index (χ0) is 17.7. The van der Waals surface area contributed by atoms with Crippen LogP contribution >= 0.6 is 11.6 Å². The Kier molecular flexibility index (Phi) is 5.82. The maximum atomic E-state index is 12.3. The van der Waals surface area contributed by atoms with E-state index in [-0.39, 0.29) is 18.4 Å². The number of nitrogens with one attached hydrogen (secondary N) is 1. The lowest BCUT2D eigenvalue weighted by Gasteiger charge is -2.21. The van der Waals surface area contributed by atoms with Gasteiger partial charge in [-0.25, -0.2) is 0 Å². The number of carbonyl (C=O) groups is 2. The summed E-state index contributed by atoms with van der Waals surface area (Å²) in [5.41, 5.74) is 2.24. The second kappa shape index (κ2) is 7.84. The predicted molar refractivity (Wildman–Crippen MR) is 95.8 cm³/mol. The molecule has 0 radical (unpaired) electrons. The molecule has 0 atom stereocenters. The molecule has 126 valence electrons. The lowest BCUT2D eigenvalue weighted by molar-refractivity contribution is -0.120. The van der Waals surface area contributed by atoms with Gasteiger partial charge < -0.3 is 15.0 Å². The molecule has 2 rings (SSSR count). The molecular formula is C18H19ClN2O3. The number of halogens is 1. The van der Waals surface area contributed by atoms with Crippen LogP contribution in [0.25, 0.3) is 0 Å². The molecule has 0 saturated heterocycles. The van der Waals surface area contributed by atoms with Crippen molar-refractivity contribution in [3.8, 4) is 5.75 Å². The molecule has 1 N–H and O–H groups in total. The van der Waals surface area contributed by atoms with Gasteiger partial charge >= 0.3 is 0 Å². The Bertz CT molecular complexity index is 762. The molecule has 0 spiro atoms. The van der Waals surface area contributed by atoms with Gasteiger partial charge in [-0.15, -0.1) is 0 Å². The van der Waals surface area contributed by atoms with Gasteiger partial charge in [-0.05, 0) is 42.8 Å². The zero-order valence-electron chi connectivity index (χ0n) is 13.8. The molecule has 2 aromatic rings. The predicted octanol–water partition coefficient (Wildman–Crippen LogP) is 3.65. The van der Waals surface area contributed by atoms with E-state index in [9.17, 15) is 9.59 Å². The van der Waals surface area contributed by atoms with E-state index in [1.165, 1.54) is 18.9 Å². The monoisotopic (exact) mass is 346 g/mol. The summed E-state index contributed by atoms with van der Waals surface area (Å²) >= 11 is 6.04. The van der Waals surface area contributed by atoms with Gasteiger partial charge in [0.05, 0.1) is 12.1 Å². The van der Waals surface area contributed by atoms with Crippen molar-refractivity contribution in [1.82, 2.24) is 0 Å². The average molecular weight is 347 g/mol. The second-order valence-electron chi connectivity index (χ2n) is 5.34. The Morgan fingerprint density at radius 3 is 2.54 bits per heavy atom. The molecule has 0 fully saturated rings. The number of carbonyl (C=O) groups excluding carboxylic acids is 2. The van der Waals surface area contributed by atoms with Crippen molar-refractivity contribution in [2.45, 2.75) is 13.8 Å². The van der Waals surface area contributed by atoms with Crippen molar-refractivity contribution in [3.63, 3.8) is 0 Å². The first kappa shape index (κ1) is 17.8. The summed E-state index contributed by atoms with van der Waals surface area (Å²) in [6.07, 6.45) is 0. The number of benzene rings is 2. The fourth-order valence-electron chi connectivity index (χ4n) is 2.27. The van der Waals surface area contributed by atoms with Crippen LogP contribution in [0.2, 0.25) is 5.02 Å². The van der Waals surface area contributed by atoms with Gasteiger partial charge in [0.1, 0.15) is 12.3 Å². The first-order chi connectivity index (χ1) is 11.4. The van der Waals surface area contributed by atoms with Crippen molar-refractivity contribution in [2.75, 3.05) is 23.9 Å². The fourth-order valence-corrected chi connectivity index (χ4v) is 2.53. The van der Waals surface area contributed by atoms with Crippen molar-refractivity contribution in [3.05, 3.63) is 53.1 Å². The van der Waals surface area contributed by atoms with Crippen molar-refractivity contribution in [2.24, 2.45) is 0 Å². The molecule has 24 heavy (non-hydrogen) atoms. The number of rotatable bonds is 5. The topological polar surface area (TPSA) is 58.6 Å². The largest absolute Gasteiger partial charge is 0.495 e. The molecule has 0 unspecified atom stereocenters. The third-order valence-corrected chi connectivity index (χ3v) is 3.73. The van der Waals surface area contributed by atoms with Gasteiger partial charge in [-0.1, -0.05) is 23.7 Å². The maximum Gasteiger partial charge on any atom is 0.244 e. The number of methoxy groups -OCH3 is 1. The van der Waals surface area contributed by atoms with Crippen molar-refractivity contribution >= 4 is 34.8 Å². The van der Waals surface area contributed by atoms with Crippen LogP contribution in [0.3, 0.4) is 0 Å². The van der Waals surface area contributed by atoms with E-state index < -0.39 is 0 Å². The Morgan fingerprint density at radius 1 is 1.21 bits per heavy atom. The molecule has 0 aliphatic carbocycles. The first-order valence-electron chi connectivity index (χ1n) is 7.39. The third kappa shape index (κ3) is 4.49. The summed E-state index contributed by atoms with van der Waals surface area (Å²) in [6, 6.07) is 12.4. The number of ether oxygens (including phenoxy) is 1. The third-order valence-electron chi connectivity index (χ3n) is 3.43. The van der Waals surface area contributed by atoms with Crippen molar-refractivity contribution < 1.29 is 14.3 Å². The SMILES string of the molecule is COc1ccc(NC(=O)CN(C(C)=O)c2cccc(C)c2)cc1Cl. The Morgan fingerprint density at radius 2 is 1.96 bits per heavy atom. The summed E-state index contributed by atoms with van der Waals surface area (Å²) in [5.74, 6) is 0.0104. The summed E-state index contributed by atoms with van der Waals surface area (Å²) in [4.78, 5) is 25.6. The molecule has 0 aliphatic rings. The van der Waals surface area contributed by atoms with Gasteiger partial charge in [0, 0.05) is 18.3 Å². The van der Waals surface area contributed by atoms with Crippen molar-refractivity contribution in [1.29, 1.82) is 0 Å². The molecule has 0 saturated carbocycles. The Balaban J connectivity index is 2.11. The second-order valence-corrected chi connectivity index (χ2v) is 5.75. The van der Waals surface area contributed by atoms with Crippen LogP contribution in [0.5, 0.6) is 5.75 Å². The summed E-state index contributed by atoms with van der Waals surface area (Å²) in [6.45, 7) is 3.28. The highest BCUT2D eigenvalue weighted by Gasteiger charge is 2.16. The minimum Gasteiger partial charge on any atom is -0.495 e. The molecule has 6 heteroatoms. The van der Waals surface area contributed by atoms with E-state index >= 15 is 0 Å². The van der Waals surface area contributed by atoms with E-state index in [1.807, 2.05) is 25.1 Å². The molecule has 0 heterocycles. The van der Waals surface area contributed by atoms with Crippen LogP contribution in [0.4, 0.5) is 11.4 Å². The summed E-state index contributed by atoms with van der Waals surface area (Å²) in [7, 11) is 1.52. The van der Waals surface area contributed by atoms with Gasteiger partial charge in [-0.2, -0.15) is 0 Å². The van der Waals surface area contributed by atoms with E-state index in [2.05, 4.69) is 5.32 Å². The van der Waals surface area contributed by atoms with Gasteiger partial charge in [0.2, 0.25) is 11.8 Å². The Hall–Kier alpha value is -2.53. The maximum absolute atomic E-state index is 12.3. The standard InChI is InChI=1S/C18H19ClN2O3/c1-12-5-4-6-15(9-12)21(13(2)22)11-18(23)20-14-7-8-17(24-3)16(19)10-14/h4-10H,11H2,1-3H3,(H,20,23). The number of amides is 2. The van der Waals surface area contributed by atoms with Gasteiger partial charge in [-0.3, -0.25) is 9.59 Å². The summed E-state index contributed by atoms with van der Waals surface area (Å²) in [5, 5.41) is 3.13. The van der Waals surface area contributed by atoms with E-state index in [1.54, 1.807) is 24.3 Å². The molecule has 2 amide bonds. The van der Waals surface area contributed by atoms with Crippen LogP contribution in [0.1, 0.15) is 12.5 Å². The molecule has 0 aromatic heterocycles. The molecule has 0 aliphatic heterocycles. The lowest BCUT2D eigenvalue weighted by Crippen LogP contribution is -2.36. The van der Waals surface area contributed by atoms with E-state index in [4.69, 9.17) is 16.3 Å². The number of anilines is 2. The normalized spacial score (nSPS) is 10.2. The zero-order valence-corrected chi connectivity index (χ0v) is 14.6. The number of nitrogens with zero attached hydrogens (tertiary/aromatic N) is 1. The van der Waals surface area contributed by atoms with Gasteiger partial charge in [0.15, 0.2) is 0 Å². The minimum atomic E-state index is -0.312. The highest BCUT2D eigenvalue weighted by molar-refractivity contribution is 6.32. The van der Waals surface area contributed by atoms with Crippen LogP contribution in [0.15, 0.2) is 42.5 Å². The van der Waals surface area contributed by atoms with Gasteiger partial charge in [0.25, 0.3) is 0 Å². The smallest absolute Gasteiger partial charge is 0.244 e. The van der Waals surface area contributed by atoms with Crippen LogP contribution in [0, 0.1) is 6.92 Å². The fraction of sp³-hybridized carbons (Fsp3) is 0.222. The molecular weight excluding hydrogens is 328 g/mol. The van der Waals surface area contributed by atoms with Crippen LogP contribution in [-0.4, -0.2) is 25.5 Å². The highest BCUT2D eigenvalue weighted by atomic mass is 35.5. The van der Waals surface area contributed by atoms with E-state index in [0.29, 0.717) is 22.1 Å². The molecule has 5 nitrogen and oxygen atoms in total. The lowest BCUT2D eigenvalue weighted by atomic mass is 10.2. The van der Waals surface area contributed by atoms with Crippen LogP contribution in [-0.2, 0) is 9.59 Å². The Labute approximate surface area is 146 Å². The minimum absolute atomic E-state index is 0.0809. The molecule has 0 bridgehead atoms. The first-order valence-corrected chi connectivity index (χ1v) is 7.76. The average Bonchev–Trinajstić information content (AvgIpc) is 2.52. The summed E-state index contributed by atoms with van der Waals surface area (Å²) < 4.78 is 5.07. The number of hydrogen-bond donors (Lipinski definition) is 1. The quantitative estimate of drug-likeness (QED) is 0.899. The van der Waals surface area contributed by atoms with E-state index in [0.717, 1.165) is 5.56 Å². The van der Waals surface area contributed by atoms with Crippen LogP contribution < -0.4 is 15.0 Å². The number of aryl methyl sites for hydroxylation is 1. The number of hydrogen-bond acceptors (Lipinski definition) is 3. The highest BCUT2D eigenvalue weighted by Crippen LogP contribution is 2.27.